The highest BCUT2D eigenvalue weighted by Crippen LogP contribution is 2.29. The van der Waals surface area contributed by atoms with Gasteiger partial charge in [-0.25, -0.2) is 4.39 Å². The van der Waals surface area contributed by atoms with Crippen molar-refractivity contribution in [1.29, 1.82) is 0 Å². The van der Waals surface area contributed by atoms with E-state index in [9.17, 15) is 4.39 Å². The Bertz CT molecular complexity index is 555. The van der Waals surface area contributed by atoms with E-state index in [1.807, 2.05) is 0 Å². The summed E-state index contributed by atoms with van der Waals surface area (Å²) in [5.41, 5.74) is 6.12. The predicted octanol–water partition coefficient (Wildman–Crippen LogP) is 4.38. The smallest absolute Gasteiger partial charge is 0.130 e. The predicted molar refractivity (Wildman–Crippen MR) is 70.8 cm³/mol. The largest absolute Gasteiger partial charge is 0.457 e. The molecule has 0 amide bonds. The minimum absolute atomic E-state index is 0.240. The van der Waals surface area contributed by atoms with E-state index in [-0.39, 0.29) is 6.54 Å². The molecule has 2 aromatic rings. The minimum atomic E-state index is -0.402. The van der Waals surface area contributed by atoms with Gasteiger partial charge in [-0.3, -0.25) is 0 Å². The molecular formula is C13H10Cl2FNO. The van der Waals surface area contributed by atoms with Crippen LogP contribution in [0, 0.1) is 5.82 Å². The third kappa shape index (κ3) is 3.35. The van der Waals surface area contributed by atoms with E-state index in [4.69, 9.17) is 33.7 Å². The highest BCUT2D eigenvalue weighted by atomic mass is 35.5. The van der Waals surface area contributed by atoms with Crippen LogP contribution < -0.4 is 10.5 Å². The average molecular weight is 286 g/mol. The fourth-order valence-corrected chi connectivity index (χ4v) is 2.03. The average Bonchev–Trinajstić information content (AvgIpc) is 2.26. The van der Waals surface area contributed by atoms with Gasteiger partial charge in [0, 0.05) is 22.7 Å². The molecule has 94 valence electrons. The maximum Gasteiger partial charge on any atom is 0.130 e. The Labute approximate surface area is 114 Å². The first-order valence-corrected chi connectivity index (χ1v) is 5.96. The quantitative estimate of drug-likeness (QED) is 0.908. The molecule has 0 heterocycles. The van der Waals surface area contributed by atoms with Gasteiger partial charge in [-0.05, 0) is 35.9 Å². The summed E-state index contributed by atoms with van der Waals surface area (Å²) in [5, 5.41) is 0.904. The Hall–Kier alpha value is -1.29. The van der Waals surface area contributed by atoms with Crippen LogP contribution in [-0.2, 0) is 6.54 Å². The van der Waals surface area contributed by atoms with Crippen molar-refractivity contribution in [3.8, 4) is 11.5 Å². The number of rotatable bonds is 3. The molecule has 0 fully saturated rings. The van der Waals surface area contributed by atoms with Crippen LogP contribution in [-0.4, -0.2) is 0 Å². The molecule has 0 saturated heterocycles. The number of ether oxygens (including phenoxy) is 1. The lowest BCUT2D eigenvalue weighted by Crippen LogP contribution is -1.97. The maximum atomic E-state index is 13.3. The van der Waals surface area contributed by atoms with Gasteiger partial charge in [0.05, 0.1) is 0 Å². The second-order valence-corrected chi connectivity index (χ2v) is 4.58. The normalized spacial score (nSPS) is 10.4. The SMILES string of the molecule is NCc1cc(F)cc(Oc2cc(Cl)cc(Cl)c2)c1. The molecule has 2 aromatic carbocycles. The van der Waals surface area contributed by atoms with Crippen molar-refractivity contribution >= 4 is 23.2 Å². The standard InChI is InChI=1S/C13H10Cl2FNO/c14-9-3-10(15)5-13(4-9)18-12-2-8(7-17)1-11(16)6-12/h1-6H,7,17H2. The maximum absolute atomic E-state index is 13.3. The van der Waals surface area contributed by atoms with Gasteiger partial charge in [-0.1, -0.05) is 23.2 Å². The van der Waals surface area contributed by atoms with Crippen molar-refractivity contribution in [3.63, 3.8) is 0 Å². The topological polar surface area (TPSA) is 35.2 Å². The Balaban J connectivity index is 2.30. The zero-order valence-corrected chi connectivity index (χ0v) is 10.8. The second kappa shape index (κ2) is 5.57. The molecule has 0 atom stereocenters. The Morgan fingerprint density at radius 3 is 2.17 bits per heavy atom. The fourth-order valence-electron chi connectivity index (χ4n) is 1.52. The first-order chi connectivity index (χ1) is 8.56. The lowest BCUT2D eigenvalue weighted by molar-refractivity contribution is 0.476. The molecule has 2 N–H and O–H groups in total. The van der Waals surface area contributed by atoms with Gasteiger partial charge in [-0.15, -0.1) is 0 Å². The van der Waals surface area contributed by atoms with Crippen molar-refractivity contribution in [2.45, 2.75) is 6.54 Å². The van der Waals surface area contributed by atoms with Gasteiger partial charge >= 0.3 is 0 Å². The number of hydrogen-bond donors (Lipinski definition) is 1. The molecule has 0 bridgehead atoms. The van der Waals surface area contributed by atoms with Crippen molar-refractivity contribution in [1.82, 2.24) is 0 Å². The van der Waals surface area contributed by atoms with Crippen LogP contribution in [0.4, 0.5) is 4.39 Å². The van der Waals surface area contributed by atoms with Crippen molar-refractivity contribution in [2.75, 3.05) is 0 Å². The van der Waals surface area contributed by atoms with Crippen LogP contribution in [0.5, 0.6) is 11.5 Å². The molecule has 2 rings (SSSR count). The lowest BCUT2D eigenvalue weighted by Gasteiger charge is -2.08. The summed E-state index contributed by atoms with van der Waals surface area (Å²) in [6, 6.07) is 9.08. The molecule has 18 heavy (non-hydrogen) atoms. The van der Waals surface area contributed by atoms with E-state index >= 15 is 0 Å². The molecule has 0 aromatic heterocycles. The highest BCUT2D eigenvalue weighted by Gasteiger charge is 2.04. The van der Waals surface area contributed by atoms with Crippen molar-refractivity contribution in [2.24, 2.45) is 5.73 Å². The third-order valence-electron chi connectivity index (χ3n) is 2.24. The molecule has 0 saturated carbocycles. The molecule has 2 nitrogen and oxygen atoms in total. The number of hydrogen-bond acceptors (Lipinski definition) is 2. The molecule has 0 aliphatic rings. The highest BCUT2D eigenvalue weighted by molar-refractivity contribution is 6.34. The molecule has 5 heteroatoms. The summed E-state index contributed by atoms with van der Waals surface area (Å²) in [6.07, 6.45) is 0. The lowest BCUT2D eigenvalue weighted by atomic mass is 10.2. The number of nitrogens with two attached hydrogens (primary N) is 1. The van der Waals surface area contributed by atoms with Crippen LogP contribution in [0.3, 0.4) is 0 Å². The van der Waals surface area contributed by atoms with Gasteiger partial charge in [0.15, 0.2) is 0 Å². The first-order valence-electron chi connectivity index (χ1n) is 5.20. The minimum Gasteiger partial charge on any atom is -0.457 e. The van der Waals surface area contributed by atoms with Crippen molar-refractivity contribution in [3.05, 3.63) is 57.8 Å². The van der Waals surface area contributed by atoms with Gasteiger partial charge in [0.1, 0.15) is 17.3 Å². The van der Waals surface area contributed by atoms with Gasteiger partial charge in [0.2, 0.25) is 0 Å². The Morgan fingerprint density at radius 1 is 0.944 bits per heavy atom. The molecular weight excluding hydrogens is 276 g/mol. The summed E-state index contributed by atoms with van der Waals surface area (Å²) in [4.78, 5) is 0. The van der Waals surface area contributed by atoms with Crippen molar-refractivity contribution < 1.29 is 9.13 Å². The number of halogens is 3. The molecule has 0 radical (unpaired) electrons. The van der Waals surface area contributed by atoms with Gasteiger partial charge in [0.25, 0.3) is 0 Å². The van der Waals surface area contributed by atoms with Crippen LogP contribution >= 0.6 is 23.2 Å². The Kier molecular flexibility index (Phi) is 4.07. The summed E-state index contributed by atoms with van der Waals surface area (Å²) < 4.78 is 18.8. The van der Waals surface area contributed by atoms with Crippen LogP contribution in [0.2, 0.25) is 10.0 Å². The second-order valence-electron chi connectivity index (χ2n) is 3.71. The summed E-state index contributed by atoms with van der Waals surface area (Å²) >= 11 is 11.7. The molecule has 0 spiro atoms. The molecule has 0 aliphatic carbocycles. The van der Waals surface area contributed by atoms with Gasteiger partial charge < -0.3 is 10.5 Å². The zero-order valence-electron chi connectivity index (χ0n) is 9.29. The van der Waals surface area contributed by atoms with Crippen LogP contribution in [0.25, 0.3) is 0 Å². The van der Waals surface area contributed by atoms with E-state index in [2.05, 4.69) is 0 Å². The van der Waals surface area contributed by atoms with Crippen LogP contribution in [0.1, 0.15) is 5.56 Å². The summed E-state index contributed by atoms with van der Waals surface area (Å²) in [5.74, 6) is 0.399. The van der Waals surface area contributed by atoms with E-state index in [0.717, 1.165) is 0 Å². The molecule has 0 aliphatic heterocycles. The first kappa shape index (κ1) is 13.1. The van der Waals surface area contributed by atoms with Crippen LogP contribution in [0.15, 0.2) is 36.4 Å². The summed E-state index contributed by atoms with van der Waals surface area (Å²) in [6.45, 7) is 0.240. The number of benzene rings is 2. The zero-order chi connectivity index (χ0) is 13.1. The monoisotopic (exact) mass is 285 g/mol. The fraction of sp³-hybridized carbons (Fsp3) is 0.0769. The van der Waals surface area contributed by atoms with E-state index < -0.39 is 5.82 Å². The van der Waals surface area contributed by atoms with Gasteiger partial charge in [-0.2, -0.15) is 0 Å². The summed E-state index contributed by atoms with van der Waals surface area (Å²) in [7, 11) is 0. The molecule has 0 unspecified atom stereocenters. The van der Waals surface area contributed by atoms with E-state index in [0.29, 0.717) is 27.1 Å². The van der Waals surface area contributed by atoms with E-state index in [1.54, 1.807) is 24.3 Å². The van der Waals surface area contributed by atoms with E-state index in [1.165, 1.54) is 12.1 Å². The Morgan fingerprint density at radius 2 is 1.56 bits per heavy atom. The third-order valence-corrected chi connectivity index (χ3v) is 2.67.